The van der Waals surface area contributed by atoms with Crippen molar-refractivity contribution < 1.29 is 0 Å². The molecule has 18 heavy (non-hydrogen) atoms. The van der Waals surface area contributed by atoms with Gasteiger partial charge in [-0.15, -0.1) is 0 Å². The van der Waals surface area contributed by atoms with E-state index in [1.807, 2.05) is 0 Å². The summed E-state index contributed by atoms with van der Waals surface area (Å²) in [5.41, 5.74) is 9.92. The first-order valence-electron chi connectivity index (χ1n) is 6.79. The molecule has 1 aliphatic carbocycles. The van der Waals surface area contributed by atoms with Gasteiger partial charge >= 0.3 is 0 Å². The van der Waals surface area contributed by atoms with Gasteiger partial charge in [-0.25, -0.2) is 4.98 Å². The van der Waals surface area contributed by atoms with Crippen LogP contribution in [0, 0.1) is 0 Å². The van der Waals surface area contributed by atoms with Crippen molar-refractivity contribution in [2.75, 3.05) is 0 Å². The third-order valence-electron chi connectivity index (χ3n) is 4.28. The fraction of sp³-hybridized carbons (Fsp3) is 0.533. The molecule has 1 heterocycles. The second-order valence-electron chi connectivity index (χ2n) is 5.95. The van der Waals surface area contributed by atoms with Crippen LogP contribution in [0.4, 0.5) is 0 Å². The minimum atomic E-state index is 0.220. The summed E-state index contributed by atoms with van der Waals surface area (Å²) in [6.45, 7) is 6.43. The van der Waals surface area contributed by atoms with Crippen LogP contribution in [0.15, 0.2) is 18.2 Å². The molecule has 1 atom stereocenters. The van der Waals surface area contributed by atoms with Crippen molar-refractivity contribution in [2.24, 2.45) is 5.73 Å². The Balaban J connectivity index is 2.06. The Kier molecular flexibility index (Phi) is 2.49. The van der Waals surface area contributed by atoms with Crippen molar-refractivity contribution in [1.29, 1.82) is 0 Å². The van der Waals surface area contributed by atoms with Crippen LogP contribution in [0.1, 0.15) is 50.9 Å². The summed E-state index contributed by atoms with van der Waals surface area (Å²) in [6.07, 6.45) is 2.42. The zero-order valence-electron chi connectivity index (χ0n) is 11.3. The van der Waals surface area contributed by atoms with Gasteiger partial charge < -0.3 is 10.7 Å². The molecule has 0 aliphatic heterocycles. The van der Waals surface area contributed by atoms with E-state index in [9.17, 15) is 0 Å². The summed E-state index contributed by atoms with van der Waals surface area (Å²) < 4.78 is 0. The molecule has 0 bridgehead atoms. The molecular weight excluding hydrogens is 222 g/mol. The fourth-order valence-electron chi connectivity index (χ4n) is 2.75. The number of nitrogens with two attached hydrogens (primary N) is 1. The van der Waals surface area contributed by atoms with Crippen molar-refractivity contribution in [3.8, 4) is 0 Å². The fourth-order valence-corrected chi connectivity index (χ4v) is 2.75. The number of H-pyrrole nitrogens is 1. The normalized spacial score (nSPS) is 19.4. The average molecular weight is 243 g/mol. The number of aromatic amines is 1. The van der Waals surface area contributed by atoms with Crippen LogP contribution in [0.3, 0.4) is 0 Å². The molecule has 3 rings (SSSR count). The molecule has 2 aromatic rings. The summed E-state index contributed by atoms with van der Waals surface area (Å²) in [5, 5.41) is 0. The topological polar surface area (TPSA) is 54.7 Å². The lowest BCUT2D eigenvalue weighted by Crippen LogP contribution is -2.31. The predicted molar refractivity (Wildman–Crippen MR) is 74.7 cm³/mol. The third-order valence-corrected chi connectivity index (χ3v) is 4.28. The van der Waals surface area contributed by atoms with Gasteiger partial charge in [-0.05, 0) is 37.5 Å². The maximum Gasteiger partial charge on any atom is 0.109 e. The van der Waals surface area contributed by atoms with Crippen molar-refractivity contribution in [1.82, 2.24) is 9.97 Å². The second kappa shape index (κ2) is 3.82. The van der Waals surface area contributed by atoms with Gasteiger partial charge in [-0.2, -0.15) is 0 Å². The number of hydrogen-bond donors (Lipinski definition) is 2. The van der Waals surface area contributed by atoms with Gasteiger partial charge in [0.05, 0.1) is 11.0 Å². The molecule has 1 aliphatic rings. The van der Waals surface area contributed by atoms with Crippen molar-refractivity contribution in [3.05, 3.63) is 29.6 Å². The van der Waals surface area contributed by atoms with Crippen LogP contribution < -0.4 is 5.73 Å². The SMILES string of the molecule is CC(C)c1nc2ccc(C3(C(C)N)CC3)cc2[nH]1. The minimum Gasteiger partial charge on any atom is -0.342 e. The highest BCUT2D eigenvalue weighted by molar-refractivity contribution is 5.76. The van der Waals surface area contributed by atoms with Crippen molar-refractivity contribution in [3.63, 3.8) is 0 Å². The molecule has 1 fully saturated rings. The highest BCUT2D eigenvalue weighted by Crippen LogP contribution is 2.50. The van der Waals surface area contributed by atoms with E-state index in [1.54, 1.807) is 0 Å². The standard InChI is InChI=1S/C15H21N3/c1-9(2)14-17-12-5-4-11(8-13(12)18-14)15(6-7-15)10(3)16/h4-5,8-10H,6-7,16H2,1-3H3,(H,17,18). The number of rotatable bonds is 3. The maximum atomic E-state index is 6.14. The van der Waals surface area contributed by atoms with Crippen LogP contribution in [-0.2, 0) is 5.41 Å². The Morgan fingerprint density at radius 2 is 2.00 bits per heavy atom. The van der Waals surface area contributed by atoms with Crippen LogP contribution in [-0.4, -0.2) is 16.0 Å². The van der Waals surface area contributed by atoms with Crippen LogP contribution in [0.2, 0.25) is 0 Å². The zero-order valence-corrected chi connectivity index (χ0v) is 11.3. The largest absolute Gasteiger partial charge is 0.342 e. The highest BCUT2D eigenvalue weighted by atomic mass is 14.9. The molecule has 0 spiro atoms. The summed E-state index contributed by atoms with van der Waals surface area (Å²) >= 11 is 0. The zero-order chi connectivity index (χ0) is 12.9. The molecule has 1 saturated carbocycles. The smallest absolute Gasteiger partial charge is 0.109 e. The average Bonchev–Trinajstić information content (AvgIpc) is 3.02. The predicted octanol–water partition coefficient (Wildman–Crippen LogP) is 3.07. The molecular formula is C15H21N3. The molecule has 3 nitrogen and oxygen atoms in total. The van der Waals surface area contributed by atoms with Crippen LogP contribution >= 0.6 is 0 Å². The Labute approximate surface area is 108 Å². The highest BCUT2D eigenvalue weighted by Gasteiger charge is 2.47. The van der Waals surface area contributed by atoms with Gasteiger partial charge in [0.25, 0.3) is 0 Å². The molecule has 3 heteroatoms. The lowest BCUT2D eigenvalue weighted by molar-refractivity contribution is 0.557. The Hall–Kier alpha value is -1.35. The van der Waals surface area contributed by atoms with Gasteiger partial charge in [0.15, 0.2) is 0 Å². The summed E-state index contributed by atoms with van der Waals surface area (Å²) in [7, 11) is 0. The second-order valence-corrected chi connectivity index (χ2v) is 5.95. The van der Waals surface area contributed by atoms with Gasteiger partial charge in [0, 0.05) is 17.4 Å². The molecule has 96 valence electrons. The molecule has 1 aromatic carbocycles. The van der Waals surface area contributed by atoms with Crippen molar-refractivity contribution in [2.45, 2.75) is 51.0 Å². The Bertz CT molecular complexity index is 576. The lowest BCUT2D eigenvalue weighted by Gasteiger charge is -2.19. The number of hydrogen-bond acceptors (Lipinski definition) is 2. The molecule has 1 unspecified atom stereocenters. The van der Waals surface area contributed by atoms with Gasteiger partial charge in [0.2, 0.25) is 0 Å². The molecule has 1 aromatic heterocycles. The molecule has 0 saturated heterocycles. The number of nitrogens with one attached hydrogen (secondary N) is 1. The third kappa shape index (κ3) is 1.65. The number of nitrogens with zero attached hydrogens (tertiary/aromatic N) is 1. The van der Waals surface area contributed by atoms with Crippen molar-refractivity contribution >= 4 is 11.0 Å². The van der Waals surface area contributed by atoms with Gasteiger partial charge in [-0.3, -0.25) is 0 Å². The first kappa shape index (κ1) is 11.7. The molecule has 0 amide bonds. The van der Waals surface area contributed by atoms with E-state index in [4.69, 9.17) is 5.73 Å². The number of imidazole rings is 1. The maximum absolute atomic E-state index is 6.14. The van der Waals surface area contributed by atoms with Gasteiger partial charge in [0.1, 0.15) is 5.82 Å². The first-order chi connectivity index (χ1) is 8.53. The van der Waals surface area contributed by atoms with Crippen LogP contribution in [0.5, 0.6) is 0 Å². The lowest BCUT2D eigenvalue weighted by atomic mass is 9.89. The quantitative estimate of drug-likeness (QED) is 0.870. The summed E-state index contributed by atoms with van der Waals surface area (Å²) in [4.78, 5) is 8.04. The van der Waals surface area contributed by atoms with Crippen LogP contribution in [0.25, 0.3) is 11.0 Å². The Morgan fingerprint density at radius 3 is 2.56 bits per heavy atom. The Morgan fingerprint density at radius 1 is 1.28 bits per heavy atom. The first-order valence-corrected chi connectivity index (χ1v) is 6.79. The van der Waals surface area contributed by atoms with E-state index in [0.717, 1.165) is 16.9 Å². The van der Waals surface area contributed by atoms with E-state index in [2.05, 4.69) is 48.9 Å². The summed E-state index contributed by atoms with van der Waals surface area (Å²) in [5.74, 6) is 1.50. The number of benzene rings is 1. The monoisotopic (exact) mass is 243 g/mol. The van der Waals surface area contributed by atoms with E-state index >= 15 is 0 Å². The number of fused-ring (bicyclic) bond motifs is 1. The molecule has 3 N–H and O–H groups in total. The molecule has 0 radical (unpaired) electrons. The summed E-state index contributed by atoms with van der Waals surface area (Å²) in [6, 6.07) is 6.78. The van der Waals surface area contributed by atoms with E-state index in [0.29, 0.717) is 5.92 Å². The van der Waals surface area contributed by atoms with E-state index < -0.39 is 0 Å². The van der Waals surface area contributed by atoms with Gasteiger partial charge in [-0.1, -0.05) is 19.9 Å². The van der Waals surface area contributed by atoms with E-state index in [1.165, 1.54) is 18.4 Å². The minimum absolute atomic E-state index is 0.220. The van der Waals surface area contributed by atoms with E-state index in [-0.39, 0.29) is 11.5 Å². The number of aromatic nitrogens is 2.